The van der Waals surface area contributed by atoms with Gasteiger partial charge in [0, 0.05) is 32.7 Å². The summed E-state index contributed by atoms with van der Waals surface area (Å²) in [5, 5.41) is 17.7. The lowest BCUT2D eigenvalue weighted by molar-refractivity contribution is 0.161. The zero-order chi connectivity index (χ0) is 15.3. The van der Waals surface area contributed by atoms with Gasteiger partial charge in [-0.25, -0.2) is 0 Å². The molecular formula is C15H30N4O. The predicted molar refractivity (Wildman–Crippen MR) is 81.5 cm³/mol. The molecule has 0 unspecified atom stereocenters. The van der Waals surface area contributed by atoms with Crippen molar-refractivity contribution < 1.29 is 5.11 Å². The van der Waals surface area contributed by atoms with E-state index in [1.807, 2.05) is 7.05 Å². The van der Waals surface area contributed by atoms with Gasteiger partial charge in [0.25, 0.3) is 0 Å². The van der Waals surface area contributed by atoms with Crippen molar-refractivity contribution in [1.82, 2.24) is 19.7 Å². The van der Waals surface area contributed by atoms with Crippen LogP contribution in [0.15, 0.2) is 0 Å². The lowest BCUT2D eigenvalue weighted by Gasteiger charge is -2.29. The summed E-state index contributed by atoms with van der Waals surface area (Å²) in [5.74, 6) is 2.41. The van der Waals surface area contributed by atoms with E-state index in [0.29, 0.717) is 5.92 Å². The molecule has 1 N–H and O–H groups in total. The second-order valence-electron chi connectivity index (χ2n) is 7.04. The molecule has 5 nitrogen and oxygen atoms in total. The fraction of sp³-hybridized carbons (Fsp3) is 0.867. The SMILES string of the molecule is CC(C)c1nnc(CN(CCCO)CC(C)(C)C)n1C. The first-order valence-electron chi connectivity index (χ1n) is 7.46. The second-order valence-corrected chi connectivity index (χ2v) is 7.04. The van der Waals surface area contributed by atoms with Crippen molar-refractivity contribution in [1.29, 1.82) is 0 Å². The van der Waals surface area contributed by atoms with E-state index in [-0.39, 0.29) is 12.0 Å². The van der Waals surface area contributed by atoms with Crippen LogP contribution in [0.5, 0.6) is 0 Å². The Morgan fingerprint density at radius 1 is 1.25 bits per heavy atom. The average molecular weight is 282 g/mol. The minimum Gasteiger partial charge on any atom is -0.396 e. The Labute approximate surface area is 123 Å². The van der Waals surface area contributed by atoms with Crippen molar-refractivity contribution in [2.45, 2.75) is 53.5 Å². The number of aliphatic hydroxyl groups is 1. The molecule has 1 aromatic rings. The van der Waals surface area contributed by atoms with E-state index in [4.69, 9.17) is 5.11 Å². The lowest BCUT2D eigenvalue weighted by Crippen LogP contribution is -2.34. The number of aromatic nitrogens is 3. The van der Waals surface area contributed by atoms with Crippen LogP contribution < -0.4 is 0 Å². The smallest absolute Gasteiger partial charge is 0.146 e. The minimum absolute atomic E-state index is 0.231. The molecule has 20 heavy (non-hydrogen) atoms. The average Bonchev–Trinajstić information content (AvgIpc) is 2.66. The Bertz CT molecular complexity index is 406. The lowest BCUT2D eigenvalue weighted by atomic mass is 9.96. The first-order valence-corrected chi connectivity index (χ1v) is 7.46. The molecule has 116 valence electrons. The van der Waals surface area contributed by atoms with Crippen LogP contribution in [-0.2, 0) is 13.6 Å². The van der Waals surface area contributed by atoms with E-state index >= 15 is 0 Å². The van der Waals surface area contributed by atoms with Gasteiger partial charge in [-0.3, -0.25) is 4.90 Å². The van der Waals surface area contributed by atoms with Crippen molar-refractivity contribution >= 4 is 0 Å². The van der Waals surface area contributed by atoms with E-state index in [9.17, 15) is 0 Å². The molecule has 0 fully saturated rings. The third-order valence-corrected chi connectivity index (χ3v) is 3.21. The zero-order valence-corrected chi connectivity index (χ0v) is 13.8. The van der Waals surface area contributed by atoms with E-state index in [0.717, 1.165) is 37.7 Å². The normalized spacial score (nSPS) is 12.7. The van der Waals surface area contributed by atoms with E-state index in [1.165, 1.54) is 0 Å². The maximum Gasteiger partial charge on any atom is 0.146 e. The Morgan fingerprint density at radius 2 is 1.90 bits per heavy atom. The molecule has 0 aliphatic carbocycles. The third kappa shape index (κ3) is 5.21. The van der Waals surface area contributed by atoms with Gasteiger partial charge < -0.3 is 9.67 Å². The summed E-state index contributed by atoms with van der Waals surface area (Å²) >= 11 is 0. The topological polar surface area (TPSA) is 54.2 Å². The van der Waals surface area contributed by atoms with Crippen LogP contribution in [0.3, 0.4) is 0 Å². The third-order valence-electron chi connectivity index (χ3n) is 3.21. The van der Waals surface area contributed by atoms with Gasteiger partial charge in [-0.15, -0.1) is 10.2 Å². The summed E-state index contributed by atoms with van der Waals surface area (Å²) in [6, 6.07) is 0. The minimum atomic E-state index is 0.231. The monoisotopic (exact) mass is 282 g/mol. The number of hydrogen-bond acceptors (Lipinski definition) is 4. The highest BCUT2D eigenvalue weighted by Crippen LogP contribution is 2.18. The summed E-state index contributed by atoms with van der Waals surface area (Å²) in [6.45, 7) is 13.8. The number of hydrogen-bond donors (Lipinski definition) is 1. The molecule has 0 aliphatic heterocycles. The molecule has 0 amide bonds. The van der Waals surface area contributed by atoms with Crippen molar-refractivity contribution in [3.63, 3.8) is 0 Å². The molecule has 0 saturated heterocycles. The van der Waals surface area contributed by atoms with Gasteiger partial charge in [0.1, 0.15) is 11.6 Å². The quantitative estimate of drug-likeness (QED) is 0.833. The van der Waals surface area contributed by atoms with Crippen molar-refractivity contribution in [3.8, 4) is 0 Å². The summed E-state index contributed by atoms with van der Waals surface area (Å²) in [4.78, 5) is 2.35. The molecule has 0 atom stereocenters. The van der Waals surface area contributed by atoms with Gasteiger partial charge in [-0.05, 0) is 11.8 Å². The summed E-state index contributed by atoms with van der Waals surface area (Å²) in [5.41, 5.74) is 0.231. The number of nitrogens with zero attached hydrogens (tertiary/aromatic N) is 4. The first kappa shape index (κ1) is 17.1. The highest BCUT2D eigenvalue weighted by molar-refractivity contribution is 4.99. The highest BCUT2D eigenvalue weighted by Gasteiger charge is 2.19. The Kier molecular flexibility index (Phi) is 6.14. The van der Waals surface area contributed by atoms with Crippen LogP contribution >= 0.6 is 0 Å². The van der Waals surface area contributed by atoms with Crippen LogP contribution in [-0.4, -0.2) is 44.5 Å². The first-order chi connectivity index (χ1) is 9.24. The molecule has 0 radical (unpaired) electrons. The van der Waals surface area contributed by atoms with E-state index < -0.39 is 0 Å². The van der Waals surface area contributed by atoms with Crippen LogP contribution in [0.1, 0.15) is 58.6 Å². The summed E-state index contributed by atoms with van der Waals surface area (Å²) in [6.07, 6.45) is 0.797. The van der Waals surface area contributed by atoms with Gasteiger partial charge in [0.2, 0.25) is 0 Å². The summed E-state index contributed by atoms with van der Waals surface area (Å²) in [7, 11) is 2.03. The molecule has 1 heterocycles. The van der Waals surface area contributed by atoms with Crippen molar-refractivity contribution in [2.75, 3.05) is 19.7 Å². The maximum atomic E-state index is 9.05. The standard InChI is InChI=1S/C15H30N4O/c1-12(2)14-17-16-13(18(14)6)10-19(8-7-9-20)11-15(3,4)5/h12,20H,7-11H2,1-6H3. The van der Waals surface area contributed by atoms with Crippen molar-refractivity contribution in [3.05, 3.63) is 11.6 Å². The summed E-state index contributed by atoms with van der Waals surface area (Å²) < 4.78 is 2.10. The molecular weight excluding hydrogens is 252 g/mol. The molecule has 5 heteroatoms. The molecule has 0 aliphatic rings. The maximum absolute atomic E-state index is 9.05. The second kappa shape index (κ2) is 7.18. The zero-order valence-electron chi connectivity index (χ0n) is 13.8. The van der Waals surface area contributed by atoms with Crippen LogP contribution in [0, 0.1) is 5.41 Å². The highest BCUT2D eigenvalue weighted by atomic mass is 16.3. The fourth-order valence-electron chi connectivity index (χ4n) is 2.39. The molecule has 1 rings (SSSR count). The van der Waals surface area contributed by atoms with E-state index in [2.05, 4.69) is 54.3 Å². The van der Waals surface area contributed by atoms with Gasteiger partial charge in [-0.1, -0.05) is 34.6 Å². The molecule has 0 aromatic carbocycles. The molecule has 1 aromatic heterocycles. The molecule has 0 saturated carbocycles. The van der Waals surface area contributed by atoms with Crippen molar-refractivity contribution in [2.24, 2.45) is 12.5 Å². The van der Waals surface area contributed by atoms with Gasteiger partial charge in [-0.2, -0.15) is 0 Å². The van der Waals surface area contributed by atoms with Gasteiger partial charge >= 0.3 is 0 Å². The van der Waals surface area contributed by atoms with Crippen LogP contribution in [0.2, 0.25) is 0 Å². The number of aliphatic hydroxyl groups excluding tert-OH is 1. The van der Waals surface area contributed by atoms with Crippen LogP contribution in [0.25, 0.3) is 0 Å². The van der Waals surface area contributed by atoms with Gasteiger partial charge in [0.15, 0.2) is 0 Å². The molecule has 0 bridgehead atoms. The fourth-order valence-corrected chi connectivity index (χ4v) is 2.39. The largest absolute Gasteiger partial charge is 0.396 e. The Hall–Kier alpha value is -0.940. The van der Waals surface area contributed by atoms with Gasteiger partial charge in [0.05, 0.1) is 6.54 Å². The molecule has 0 spiro atoms. The Morgan fingerprint density at radius 3 is 2.35 bits per heavy atom. The predicted octanol–water partition coefficient (Wildman–Crippen LogP) is 2.17. The number of rotatable bonds is 7. The van der Waals surface area contributed by atoms with Crippen LogP contribution in [0.4, 0.5) is 0 Å². The Balaban J connectivity index is 2.78. The van der Waals surface area contributed by atoms with E-state index in [1.54, 1.807) is 0 Å².